The molecule has 0 radical (unpaired) electrons. The van der Waals surface area contributed by atoms with Crippen molar-refractivity contribution in [3.8, 4) is 0 Å². The largest absolute Gasteiger partial charge is 0.387 e. The molecule has 0 rings (SSSR count). The van der Waals surface area contributed by atoms with Gasteiger partial charge in [-0.3, -0.25) is 9.35 Å². The smallest absolute Gasteiger partial charge is 0.267 e. The van der Waals surface area contributed by atoms with Crippen LogP contribution in [0, 0.1) is 0 Å². The number of rotatable bonds is 28. The number of carbonyl (C=O) groups excluding carboxylic acids is 1. The van der Waals surface area contributed by atoms with Crippen LogP contribution in [-0.4, -0.2) is 53.1 Å². The fourth-order valence-corrected chi connectivity index (χ4v) is 5.54. The molecule has 0 aliphatic carbocycles. The number of carbonyl (C=O) groups is 1. The maximum absolute atomic E-state index is 12.4. The lowest BCUT2D eigenvalue weighted by molar-refractivity contribution is -0.130. The Morgan fingerprint density at radius 3 is 1.54 bits per heavy atom. The number of amides is 1. The third kappa shape index (κ3) is 25.7. The van der Waals surface area contributed by atoms with Crippen molar-refractivity contribution < 1.29 is 28.0 Å². The SMILES string of the molecule is CCCCCCCCCCCC/C=C/C(O)C(CS(=O)(=O)O)NC(=O)C(O)CCCCCCCCCCCC. The van der Waals surface area contributed by atoms with Crippen LogP contribution >= 0.6 is 0 Å². The molecule has 0 saturated heterocycles. The summed E-state index contributed by atoms with van der Waals surface area (Å²) in [6.07, 6.45) is 25.6. The fraction of sp³-hybridized carbons (Fsp3) is 0.903. The molecule has 0 aromatic heterocycles. The van der Waals surface area contributed by atoms with Crippen LogP contribution in [0.2, 0.25) is 0 Å². The number of aliphatic hydroxyl groups excluding tert-OH is 2. The van der Waals surface area contributed by atoms with Crippen LogP contribution in [0.25, 0.3) is 0 Å². The topological polar surface area (TPSA) is 124 Å². The Morgan fingerprint density at radius 1 is 0.692 bits per heavy atom. The van der Waals surface area contributed by atoms with Crippen molar-refractivity contribution in [2.75, 3.05) is 5.75 Å². The molecule has 0 aliphatic heterocycles. The molecular formula is C31H61NO6S. The minimum absolute atomic E-state index is 0.283. The lowest BCUT2D eigenvalue weighted by atomic mass is 10.0. The molecule has 0 saturated carbocycles. The molecule has 0 fully saturated rings. The van der Waals surface area contributed by atoms with E-state index in [0.29, 0.717) is 6.42 Å². The molecule has 0 aromatic rings. The summed E-state index contributed by atoms with van der Waals surface area (Å²) in [5.41, 5.74) is 0. The summed E-state index contributed by atoms with van der Waals surface area (Å²) in [6.45, 7) is 4.44. The highest BCUT2D eigenvalue weighted by Crippen LogP contribution is 2.14. The van der Waals surface area contributed by atoms with Gasteiger partial charge >= 0.3 is 0 Å². The van der Waals surface area contributed by atoms with Gasteiger partial charge in [-0.05, 0) is 19.3 Å². The van der Waals surface area contributed by atoms with Crippen LogP contribution in [0.5, 0.6) is 0 Å². The van der Waals surface area contributed by atoms with Gasteiger partial charge in [0.15, 0.2) is 0 Å². The molecule has 3 unspecified atom stereocenters. The number of hydrogen-bond donors (Lipinski definition) is 4. The second-order valence-corrected chi connectivity index (χ2v) is 12.7. The van der Waals surface area contributed by atoms with E-state index in [1.165, 1.54) is 96.0 Å². The van der Waals surface area contributed by atoms with E-state index in [9.17, 15) is 28.0 Å². The average molecular weight is 576 g/mol. The van der Waals surface area contributed by atoms with Gasteiger partial charge in [0.05, 0.1) is 17.9 Å². The molecule has 232 valence electrons. The van der Waals surface area contributed by atoms with Crippen LogP contribution in [0.3, 0.4) is 0 Å². The molecule has 39 heavy (non-hydrogen) atoms. The molecule has 7 nitrogen and oxygen atoms in total. The van der Waals surface area contributed by atoms with Gasteiger partial charge < -0.3 is 15.5 Å². The molecule has 1 amide bonds. The molecule has 0 heterocycles. The second kappa shape index (κ2) is 26.0. The van der Waals surface area contributed by atoms with Crippen LogP contribution in [0.1, 0.15) is 155 Å². The molecule has 8 heteroatoms. The Balaban J connectivity index is 4.23. The summed E-state index contributed by atoms with van der Waals surface area (Å²) >= 11 is 0. The predicted molar refractivity (Wildman–Crippen MR) is 162 cm³/mol. The summed E-state index contributed by atoms with van der Waals surface area (Å²) in [5, 5.41) is 23.1. The Morgan fingerprint density at radius 2 is 1.10 bits per heavy atom. The van der Waals surface area contributed by atoms with Crippen LogP contribution in [0.15, 0.2) is 12.2 Å². The normalized spacial score (nSPS) is 14.5. The minimum Gasteiger partial charge on any atom is -0.387 e. The average Bonchev–Trinajstić information content (AvgIpc) is 2.88. The van der Waals surface area contributed by atoms with E-state index >= 15 is 0 Å². The van der Waals surface area contributed by atoms with Gasteiger partial charge in [0.1, 0.15) is 6.10 Å². The minimum atomic E-state index is -4.42. The van der Waals surface area contributed by atoms with Gasteiger partial charge in [-0.1, -0.05) is 148 Å². The first kappa shape index (κ1) is 38.0. The summed E-state index contributed by atoms with van der Waals surface area (Å²) < 4.78 is 32.2. The standard InChI is InChI=1S/C31H61NO6S/c1-3-5-7-9-11-13-15-16-18-19-21-23-25-29(33)28(27-39(36,37)38)32-31(35)30(34)26-24-22-20-17-14-12-10-8-6-4-2/h23,25,28-30,33-34H,3-22,24,26-27H2,1-2H3,(H,32,35)(H,36,37,38)/b25-23+. The number of hydrogen-bond acceptors (Lipinski definition) is 5. The van der Waals surface area contributed by atoms with Crippen molar-refractivity contribution >= 4 is 16.0 Å². The molecule has 0 spiro atoms. The molecule has 0 bridgehead atoms. The highest BCUT2D eigenvalue weighted by Gasteiger charge is 2.27. The number of nitrogens with one attached hydrogen (secondary N) is 1. The zero-order valence-corrected chi connectivity index (χ0v) is 25.9. The van der Waals surface area contributed by atoms with E-state index in [4.69, 9.17) is 0 Å². The van der Waals surface area contributed by atoms with Crippen molar-refractivity contribution in [1.82, 2.24) is 5.32 Å². The third-order valence-corrected chi connectivity index (χ3v) is 8.10. The summed E-state index contributed by atoms with van der Waals surface area (Å²) in [6, 6.07) is -1.22. The first-order chi connectivity index (χ1) is 18.7. The summed E-state index contributed by atoms with van der Waals surface area (Å²) in [7, 11) is -4.42. The van der Waals surface area contributed by atoms with Gasteiger partial charge in [0, 0.05) is 0 Å². The van der Waals surface area contributed by atoms with Crippen molar-refractivity contribution in [3.05, 3.63) is 12.2 Å². The summed E-state index contributed by atoms with van der Waals surface area (Å²) in [4.78, 5) is 12.4. The monoisotopic (exact) mass is 575 g/mol. The maximum atomic E-state index is 12.4. The van der Waals surface area contributed by atoms with E-state index in [0.717, 1.165) is 38.5 Å². The van der Waals surface area contributed by atoms with Gasteiger partial charge in [-0.25, -0.2) is 0 Å². The van der Waals surface area contributed by atoms with Crippen molar-refractivity contribution in [2.24, 2.45) is 0 Å². The highest BCUT2D eigenvalue weighted by molar-refractivity contribution is 7.85. The Hall–Kier alpha value is -0.960. The number of allylic oxidation sites excluding steroid dienone is 1. The molecule has 0 aromatic carbocycles. The van der Waals surface area contributed by atoms with Crippen LogP contribution in [-0.2, 0) is 14.9 Å². The van der Waals surface area contributed by atoms with Gasteiger partial charge in [-0.15, -0.1) is 0 Å². The van der Waals surface area contributed by atoms with E-state index in [1.54, 1.807) is 6.08 Å². The number of aliphatic hydroxyl groups is 2. The van der Waals surface area contributed by atoms with Crippen molar-refractivity contribution in [1.29, 1.82) is 0 Å². The van der Waals surface area contributed by atoms with E-state index in [2.05, 4.69) is 19.2 Å². The lowest BCUT2D eigenvalue weighted by Gasteiger charge is -2.22. The highest BCUT2D eigenvalue weighted by atomic mass is 32.2. The third-order valence-electron chi connectivity index (χ3n) is 7.32. The Labute approximate surface area is 240 Å². The lowest BCUT2D eigenvalue weighted by Crippen LogP contribution is -2.50. The van der Waals surface area contributed by atoms with Crippen molar-refractivity contribution in [3.63, 3.8) is 0 Å². The van der Waals surface area contributed by atoms with Crippen LogP contribution < -0.4 is 5.32 Å². The maximum Gasteiger partial charge on any atom is 0.267 e. The first-order valence-electron chi connectivity index (χ1n) is 16.0. The Bertz CT molecular complexity index is 697. The van der Waals surface area contributed by atoms with E-state index in [-0.39, 0.29) is 6.42 Å². The molecule has 0 aliphatic rings. The van der Waals surface area contributed by atoms with Gasteiger partial charge in [0.2, 0.25) is 5.91 Å². The molecule has 4 N–H and O–H groups in total. The zero-order chi connectivity index (χ0) is 29.2. The molecular weight excluding hydrogens is 514 g/mol. The molecule has 3 atom stereocenters. The predicted octanol–water partition coefficient (Wildman–Crippen LogP) is 7.26. The van der Waals surface area contributed by atoms with Crippen molar-refractivity contribution in [2.45, 2.75) is 173 Å². The quantitative estimate of drug-likeness (QED) is 0.0442. The summed E-state index contributed by atoms with van der Waals surface area (Å²) in [5.74, 6) is -1.53. The van der Waals surface area contributed by atoms with Gasteiger partial charge in [-0.2, -0.15) is 8.42 Å². The van der Waals surface area contributed by atoms with E-state index < -0.39 is 40.0 Å². The Kier molecular flexibility index (Phi) is 25.3. The van der Waals surface area contributed by atoms with Gasteiger partial charge in [0.25, 0.3) is 10.1 Å². The number of unbranched alkanes of at least 4 members (excludes halogenated alkanes) is 19. The first-order valence-corrected chi connectivity index (χ1v) is 17.6. The zero-order valence-electron chi connectivity index (χ0n) is 25.1. The second-order valence-electron chi connectivity index (χ2n) is 11.2. The fourth-order valence-electron chi connectivity index (χ4n) is 4.81. The van der Waals surface area contributed by atoms with Crippen LogP contribution in [0.4, 0.5) is 0 Å². The van der Waals surface area contributed by atoms with E-state index in [1.807, 2.05) is 0 Å².